The summed E-state index contributed by atoms with van der Waals surface area (Å²) in [7, 11) is 4.06. The van der Waals surface area contributed by atoms with E-state index in [4.69, 9.17) is 0 Å². The predicted octanol–water partition coefficient (Wildman–Crippen LogP) is 3.04. The molecule has 144 valence electrons. The van der Waals surface area contributed by atoms with Crippen molar-refractivity contribution < 1.29 is 14.1 Å². The molecule has 0 aromatic heterocycles. The molecule has 3 aromatic carbocycles. The standard InChI is InChI=1S/C24H25FN2O/c1-27(2)23(21-12-14-22(25)15-13-21)17-26-24(28)16-18-8-10-20(11-9-18)19-6-4-3-5-7-19/h3-15,23H,16-17H2,1-2H3,(H,26,28)/p+1/t23-/m0/s1. The maximum absolute atomic E-state index is 13.2. The van der Waals surface area contributed by atoms with Crippen molar-refractivity contribution in [1.82, 2.24) is 5.32 Å². The Morgan fingerprint density at radius 2 is 1.50 bits per heavy atom. The Bertz CT molecular complexity index is 890. The molecule has 3 aromatic rings. The zero-order chi connectivity index (χ0) is 19.9. The zero-order valence-corrected chi connectivity index (χ0v) is 16.3. The molecule has 0 saturated heterocycles. The second kappa shape index (κ2) is 9.29. The van der Waals surface area contributed by atoms with Crippen molar-refractivity contribution in [1.29, 1.82) is 0 Å². The molecular weight excluding hydrogens is 351 g/mol. The van der Waals surface area contributed by atoms with Gasteiger partial charge >= 0.3 is 0 Å². The van der Waals surface area contributed by atoms with Crippen LogP contribution in [-0.4, -0.2) is 26.5 Å². The van der Waals surface area contributed by atoms with E-state index in [2.05, 4.69) is 17.4 Å². The number of carbonyl (C=O) groups excluding carboxylic acids is 1. The molecule has 0 aliphatic carbocycles. The monoisotopic (exact) mass is 377 g/mol. The van der Waals surface area contributed by atoms with Crippen LogP contribution in [0.4, 0.5) is 4.39 Å². The second-order valence-corrected chi connectivity index (χ2v) is 7.23. The highest BCUT2D eigenvalue weighted by Crippen LogP contribution is 2.19. The number of carbonyl (C=O) groups is 1. The molecule has 0 heterocycles. The Labute approximate surface area is 165 Å². The van der Waals surface area contributed by atoms with Crippen LogP contribution in [0.2, 0.25) is 0 Å². The Morgan fingerprint density at radius 3 is 2.11 bits per heavy atom. The molecule has 0 unspecified atom stereocenters. The fourth-order valence-corrected chi connectivity index (χ4v) is 3.26. The summed E-state index contributed by atoms with van der Waals surface area (Å²) in [5.74, 6) is -0.264. The van der Waals surface area contributed by atoms with Gasteiger partial charge in [-0.15, -0.1) is 0 Å². The molecule has 0 fully saturated rings. The average Bonchev–Trinajstić information content (AvgIpc) is 2.70. The summed E-state index contributed by atoms with van der Waals surface area (Å²) < 4.78 is 13.2. The van der Waals surface area contributed by atoms with Gasteiger partial charge in [0.05, 0.1) is 27.1 Å². The zero-order valence-electron chi connectivity index (χ0n) is 16.3. The first kappa shape index (κ1) is 19.8. The van der Waals surface area contributed by atoms with Crippen LogP contribution in [0.3, 0.4) is 0 Å². The normalized spacial score (nSPS) is 12.0. The summed E-state index contributed by atoms with van der Waals surface area (Å²) in [6.45, 7) is 0.509. The summed E-state index contributed by atoms with van der Waals surface area (Å²) in [4.78, 5) is 13.6. The second-order valence-electron chi connectivity index (χ2n) is 7.23. The van der Waals surface area contributed by atoms with Crippen molar-refractivity contribution >= 4 is 5.91 Å². The van der Waals surface area contributed by atoms with Gasteiger partial charge in [0, 0.05) is 5.56 Å². The van der Waals surface area contributed by atoms with E-state index in [9.17, 15) is 9.18 Å². The van der Waals surface area contributed by atoms with Crippen molar-refractivity contribution in [2.24, 2.45) is 0 Å². The van der Waals surface area contributed by atoms with Gasteiger partial charge in [-0.1, -0.05) is 66.7 Å². The Kier molecular flexibility index (Phi) is 6.56. The first-order chi connectivity index (χ1) is 13.5. The molecule has 0 bridgehead atoms. The first-order valence-corrected chi connectivity index (χ1v) is 9.49. The van der Waals surface area contributed by atoms with E-state index in [0.29, 0.717) is 13.0 Å². The van der Waals surface area contributed by atoms with E-state index < -0.39 is 0 Å². The van der Waals surface area contributed by atoms with E-state index in [0.717, 1.165) is 22.3 Å². The lowest BCUT2D eigenvalue weighted by Crippen LogP contribution is -3.07. The molecule has 0 spiro atoms. The van der Waals surface area contributed by atoms with Crippen molar-refractivity contribution in [2.45, 2.75) is 12.5 Å². The third-order valence-electron chi connectivity index (χ3n) is 4.90. The van der Waals surface area contributed by atoms with Crippen molar-refractivity contribution in [3.05, 3.63) is 95.8 Å². The molecule has 28 heavy (non-hydrogen) atoms. The van der Waals surface area contributed by atoms with E-state index in [1.54, 1.807) is 12.1 Å². The minimum Gasteiger partial charge on any atom is -0.349 e. The lowest BCUT2D eigenvalue weighted by molar-refractivity contribution is -0.890. The highest BCUT2D eigenvalue weighted by molar-refractivity contribution is 5.79. The fraction of sp³-hybridized carbons (Fsp3) is 0.208. The number of hydrogen-bond donors (Lipinski definition) is 2. The topological polar surface area (TPSA) is 33.5 Å². The predicted molar refractivity (Wildman–Crippen MR) is 111 cm³/mol. The van der Waals surface area contributed by atoms with Crippen LogP contribution in [0.25, 0.3) is 11.1 Å². The third-order valence-corrected chi connectivity index (χ3v) is 4.90. The lowest BCUT2D eigenvalue weighted by Gasteiger charge is -2.22. The number of rotatable bonds is 7. The Morgan fingerprint density at radius 1 is 0.893 bits per heavy atom. The number of likely N-dealkylation sites (N-methyl/N-ethyl adjacent to an activating group) is 1. The van der Waals surface area contributed by atoms with Crippen LogP contribution in [0.5, 0.6) is 0 Å². The molecule has 4 heteroatoms. The number of hydrogen-bond acceptors (Lipinski definition) is 1. The molecule has 1 amide bonds. The molecule has 3 rings (SSSR count). The highest BCUT2D eigenvalue weighted by Gasteiger charge is 2.18. The van der Waals surface area contributed by atoms with Crippen molar-refractivity contribution in [2.75, 3.05) is 20.6 Å². The molecule has 0 aliphatic rings. The first-order valence-electron chi connectivity index (χ1n) is 9.49. The van der Waals surface area contributed by atoms with E-state index in [-0.39, 0.29) is 17.8 Å². The third kappa shape index (κ3) is 5.27. The lowest BCUT2D eigenvalue weighted by atomic mass is 10.0. The Hall–Kier alpha value is -2.98. The van der Waals surface area contributed by atoms with Crippen LogP contribution >= 0.6 is 0 Å². The van der Waals surface area contributed by atoms with Gasteiger partial charge in [-0.05, 0) is 28.8 Å². The molecule has 0 aliphatic heterocycles. The molecule has 2 N–H and O–H groups in total. The minimum absolute atomic E-state index is 0.0131. The van der Waals surface area contributed by atoms with Gasteiger partial charge in [0.25, 0.3) is 0 Å². The quantitative estimate of drug-likeness (QED) is 0.652. The fourth-order valence-electron chi connectivity index (χ4n) is 3.26. The molecule has 0 radical (unpaired) electrons. The minimum atomic E-state index is -0.251. The van der Waals surface area contributed by atoms with E-state index >= 15 is 0 Å². The van der Waals surface area contributed by atoms with Gasteiger partial charge in [-0.3, -0.25) is 4.79 Å². The summed E-state index contributed by atoms with van der Waals surface area (Å²) in [5, 5.41) is 3.02. The van der Waals surface area contributed by atoms with Crippen LogP contribution in [0.1, 0.15) is 17.2 Å². The molecule has 1 atom stereocenters. The number of nitrogens with one attached hydrogen (secondary N) is 2. The smallest absolute Gasteiger partial charge is 0.224 e. The average molecular weight is 377 g/mol. The number of quaternary nitrogens is 1. The van der Waals surface area contributed by atoms with Crippen LogP contribution in [0.15, 0.2) is 78.9 Å². The number of amides is 1. The van der Waals surface area contributed by atoms with Gasteiger partial charge in [0.15, 0.2) is 0 Å². The van der Waals surface area contributed by atoms with Gasteiger partial charge in [-0.25, -0.2) is 4.39 Å². The van der Waals surface area contributed by atoms with Crippen LogP contribution in [-0.2, 0) is 11.2 Å². The largest absolute Gasteiger partial charge is 0.349 e. The van der Waals surface area contributed by atoms with Gasteiger partial charge in [0.1, 0.15) is 11.9 Å². The van der Waals surface area contributed by atoms with E-state index in [1.165, 1.54) is 17.0 Å². The maximum atomic E-state index is 13.2. The SMILES string of the molecule is C[NH+](C)[C@@H](CNC(=O)Cc1ccc(-c2ccccc2)cc1)c1ccc(F)cc1. The maximum Gasteiger partial charge on any atom is 0.224 e. The number of benzene rings is 3. The molecule has 0 saturated carbocycles. The Balaban J connectivity index is 1.58. The molecule has 3 nitrogen and oxygen atoms in total. The van der Waals surface area contributed by atoms with Gasteiger partial charge < -0.3 is 10.2 Å². The summed E-state index contributed by atoms with van der Waals surface area (Å²) >= 11 is 0. The summed E-state index contributed by atoms with van der Waals surface area (Å²) in [5.41, 5.74) is 4.29. The number of halogens is 1. The van der Waals surface area contributed by atoms with Crippen LogP contribution in [0, 0.1) is 5.82 Å². The van der Waals surface area contributed by atoms with E-state index in [1.807, 2.05) is 56.6 Å². The summed E-state index contributed by atoms with van der Waals surface area (Å²) in [6.07, 6.45) is 0.341. The van der Waals surface area contributed by atoms with Crippen molar-refractivity contribution in [3.63, 3.8) is 0 Å². The van der Waals surface area contributed by atoms with Crippen LogP contribution < -0.4 is 10.2 Å². The summed E-state index contributed by atoms with van der Waals surface area (Å²) in [6, 6.07) is 24.8. The highest BCUT2D eigenvalue weighted by atomic mass is 19.1. The van der Waals surface area contributed by atoms with Gasteiger partial charge in [0.2, 0.25) is 5.91 Å². The molecular formula is C24H26FN2O+. The van der Waals surface area contributed by atoms with Gasteiger partial charge in [-0.2, -0.15) is 0 Å². The van der Waals surface area contributed by atoms with Crippen molar-refractivity contribution in [3.8, 4) is 11.1 Å².